The van der Waals surface area contributed by atoms with Crippen LogP contribution in [0.3, 0.4) is 0 Å². The Kier molecular flexibility index (Phi) is 3.82. The summed E-state index contributed by atoms with van der Waals surface area (Å²) in [5.74, 6) is 4.86. The fourth-order valence-corrected chi connectivity index (χ4v) is 2.03. The van der Waals surface area contributed by atoms with Crippen LogP contribution < -0.4 is 0 Å². The molecule has 2 fully saturated rings. The second-order valence-electron chi connectivity index (χ2n) is 3.70. The van der Waals surface area contributed by atoms with E-state index in [2.05, 4.69) is 11.8 Å². The Morgan fingerprint density at radius 2 is 1.38 bits per heavy atom. The molecule has 0 aromatic rings. The first kappa shape index (κ1) is 11.4. The summed E-state index contributed by atoms with van der Waals surface area (Å²) in [4.78, 5) is 0. The molecule has 0 aromatic carbocycles. The number of terminal acetylenes is 2. The van der Waals surface area contributed by atoms with Gasteiger partial charge in [-0.2, -0.15) is 0 Å². The van der Waals surface area contributed by atoms with E-state index in [1.165, 1.54) is 0 Å². The van der Waals surface area contributed by atoms with Gasteiger partial charge in [0, 0.05) is 0 Å². The summed E-state index contributed by atoms with van der Waals surface area (Å²) in [6.07, 6.45) is 9.90. The van der Waals surface area contributed by atoms with Crippen molar-refractivity contribution in [2.45, 2.75) is 24.4 Å². The maximum absolute atomic E-state index is 5.58. The van der Waals surface area contributed by atoms with Crippen LogP contribution in [0.15, 0.2) is 0 Å². The smallest absolute Gasteiger partial charge is 0.115 e. The highest BCUT2D eigenvalue weighted by Gasteiger charge is 2.48. The summed E-state index contributed by atoms with van der Waals surface area (Å²) in [6, 6.07) is 0. The van der Waals surface area contributed by atoms with Crippen molar-refractivity contribution in [3.63, 3.8) is 0 Å². The molecule has 4 heteroatoms. The van der Waals surface area contributed by atoms with Crippen LogP contribution in [0.1, 0.15) is 0 Å². The minimum atomic E-state index is -0.0968. The van der Waals surface area contributed by atoms with E-state index in [0.29, 0.717) is 13.2 Å². The lowest BCUT2D eigenvalue weighted by atomic mass is 10.1. The van der Waals surface area contributed by atoms with E-state index >= 15 is 0 Å². The molecule has 0 saturated carbocycles. The molecule has 2 aliphatic heterocycles. The van der Waals surface area contributed by atoms with Crippen LogP contribution in [0, 0.1) is 24.7 Å². The van der Waals surface area contributed by atoms with Gasteiger partial charge in [-0.1, -0.05) is 11.8 Å². The number of fused-ring (bicyclic) bond motifs is 1. The number of rotatable bonds is 4. The molecule has 0 bridgehead atoms. The quantitative estimate of drug-likeness (QED) is 0.618. The standard InChI is InChI=1S/C12H14O4/c1-3-5-13-9-7-15-12-10(14-6-4-2)8-16-11(9)12/h1-2,9-12H,5-8H2/t9-,10-,11-,12-/m1/s1. The van der Waals surface area contributed by atoms with Crippen LogP contribution in [-0.2, 0) is 18.9 Å². The Balaban J connectivity index is 1.86. The first-order valence-electron chi connectivity index (χ1n) is 5.20. The highest BCUT2D eigenvalue weighted by molar-refractivity contribution is 4.97. The van der Waals surface area contributed by atoms with Crippen LogP contribution >= 0.6 is 0 Å². The van der Waals surface area contributed by atoms with Gasteiger partial charge in [-0.25, -0.2) is 0 Å². The minimum Gasteiger partial charge on any atom is -0.370 e. The molecule has 2 heterocycles. The topological polar surface area (TPSA) is 36.9 Å². The molecule has 4 atom stereocenters. The molecule has 0 unspecified atom stereocenters. The Bertz CT molecular complexity index is 282. The number of hydrogen-bond donors (Lipinski definition) is 0. The van der Waals surface area contributed by atoms with Crippen molar-refractivity contribution in [2.24, 2.45) is 0 Å². The van der Waals surface area contributed by atoms with Gasteiger partial charge in [0.15, 0.2) is 0 Å². The van der Waals surface area contributed by atoms with Crippen molar-refractivity contribution in [3.8, 4) is 24.7 Å². The van der Waals surface area contributed by atoms with Crippen molar-refractivity contribution >= 4 is 0 Å². The third-order valence-electron chi connectivity index (χ3n) is 2.72. The fourth-order valence-electron chi connectivity index (χ4n) is 2.03. The van der Waals surface area contributed by atoms with Gasteiger partial charge >= 0.3 is 0 Å². The minimum absolute atomic E-state index is 0.0869. The van der Waals surface area contributed by atoms with E-state index in [1.807, 2.05) is 0 Å². The lowest BCUT2D eigenvalue weighted by Crippen LogP contribution is -2.34. The largest absolute Gasteiger partial charge is 0.370 e. The molecular weight excluding hydrogens is 208 g/mol. The van der Waals surface area contributed by atoms with Crippen molar-refractivity contribution in [1.29, 1.82) is 0 Å². The summed E-state index contributed by atoms with van der Waals surface area (Å²) in [7, 11) is 0. The summed E-state index contributed by atoms with van der Waals surface area (Å²) < 4.78 is 22.0. The highest BCUT2D eigenvalue weighted by Crippen LogP contribution is 2.30. The zero-order valence-electron chi connectivity index (χ0n) is 8.93. The van der Waals surface area contributed by atoms with Gasteiger partial charge in [0.1, 0.15) is 37.6 Å². The third-order valence-corrected chi connectivity index (χ3v) is 2.72. The molecule has 0 aromatic heterocycles. The SMILES string of the molecule is C#CCO[C@@H]1CO[C@H]2[C@@H]1OC[C@H]2OCC#C. The van der Waals surface area contributed by atoms with Crippen LogP contribution in [0.5, 0.6) is 0 Å². The van der Waals surface area contributed by atoms with Gasteiger partial charge in [0.2, 0.25) is 0 Å². The number of hydrogen-bond acceptors (Lipinski definition) is 4. The molecule has 0 aliphatic carbocycles. The van der Waals surface area contributed by atoms with E-state index < -0.39 is 0 Å². The monoisotopic (exact) mass is 222 g/mol. The first-order chi connectivity index (χ1) is 7.86. The first-order valence-corrected chi connectivity index (χ1v) is 5.20. The Hall–Kier alpha value is -1.04. The van der Waals surface area contributed by atoms with Gasteiger partial charge in [-0.15, -0.1) is 12.8 Å². The third kappa shape index (κ3) is 2.21. The molecule has 2 aliphatic rings. The van der Waals surface area contributed by atoms with E-state index in [4.69, 9.17) is 31.8 Å². The summed E-state index contributed by atoms with van der Waals surface area (Å²) in [5.41, 5.74) is 0. The maximum Gasteiger partial charge on any atom is 0.115 e. The predicted molar refractivity (Wildman–Crippen MR) is 56.6 cm³/mol. The molecule has 0 N–H and O–H groups in total. The Morgan fingerprint density at radius 1 is 0.938 bits per heavy atom. The van der Waals surface area contributed by atoms with Gasteiger partial charge < -0.3 is 18.9 Å². The average molecular weight is 222 g/mol. The molecule has 0 radical (unpaired) electrons. The van der Waals surface area contributed by atoms with E-state index in [0.717, 1.165) is 0 Å². The summed E-state index contributed by atoms with van der Waals surface area (Å²) in [5, 5.41) is 0. The van der Waals surface area contributed by atoms with Crippen molar-refractivity contribution in [3.05, 3.63) is 0 Å². The van der Waals surface area contributed by atoms with E-state index in [9.17, 15) is 0 Å². The predicted octanol–water partition coefficient (Wildman–Crippen LogP) is -0.179. The van der Waals surface area contributed by atoms with Crippen LogP contribution in [0.2, 0.25) is 0 Å². The van der Waals surface area contributed by atoms with Gasteiger partial charge in [-0.3, -0.25) is 0 Å². The zero-order chi connectivity index (χ0) is 11.4. The Labute approximate surface area is 95.2 Å². The maximum atomic E-state index is 5.58. The molecule has 4 nitrogen and oxygen atoms in total. The summed E-state index contributed by atoms with van der Waals surface area (Å²) >= 11 is 0. The average Bonchev–Trinajstić information content (AvgIpc) is 2.86. The summed E-state index contributed by atoms with van der Waals surface area (Å²) in [6.45, 7) is 1.53. The molecule has 86 valence electrons. The van der Waals surface area contributed by atoms with Gasteiger partial charge in [0.25, 0.3) is 0 Å². The molecule has 16 heavy (non-hydrogen) atoms. The fraction of sp³-hybridized carbons (Fsp3) is 0.667. The molecule has 2 saturated heterocycles. The molecule has 0 amide bonds. The van der Waals surface area contributed by atoms with Gasteiger partial charge in [0.05, 0.1) is 13.2 Å². The van der Waals surface area contributed by atoms with Crippen LogP contribution in [0.4, 0.5) is 0 Å². The number of ether oxygens (including phenoxy) is 4. The van der Waals surface area contributed by atoms with Gasteiger partial charge in [-0.05, 0) is 0 Å². The zero-order valence-corrected chi connectivity index (χ0v) is 8.93. The van der Waals surface area contributed by atoms with Crippen molar-refractivity contribution < 1.29 is 18.9 Å². The second-order valence-corrected chi connectivity index (χ2v) is 3.70. The van der Waals surface area contributed by atoms with E-state index in [-0.39, 0.29) is 37.6 Å². The van der Waals surface area contributed by atoms with Crippen molar-refractivity contribution in [1.82, 2.24) is 0 Å². The molecule has 0 spiro atoms. The van der Waals surface area contributed by atoms with Crippen LogP contribution in [-0.4, -0.2) is 50.8 Å². The highest BCUT2D eigenvalue weighted by atomic mass is 16.6. The van der Waals surface area contributed by atoms with Crippen molar-refractivity contribution in [2.75, 3.05) is 26.4 Å². The van der Waals surface area contributed by atoms with E-state index in [1.54, 1.807) is 0 Å². The Morgan fingerprint density at radius 3 is 1.75 bits per heavy atom. The molecular formula is C12H14O4. The van der Waals surface area contributed by atoms with Crippen LogP contribution in [0.25, 0.3) is 0 Å². The molecule has 2 rings (SSSR count). The lowest BCUT2D eigenvalue weighted by Gasteiger charge is -2.15. The normalized spacial score (nSPS) is 36.6. The second kappa shape index (κ2) is 5.34. The lowest BCUT2D eigenvalue weighted by molar-refractivity contribution is -0.0385.